The molecule has 0 atom stereocenters. The third kappa shape index (κ3) is 2.45. The Morgan fingerprint density at radius 3 is 2.80 bits per heavy atom. The molecule has 15 heavy (non-hydrogen) atoms. The molecule has 0 unspecified atom stereocenters. The van der Waals surface area contributed by atoms with Crippen LogP contribution in [0.3, 0.4) is 0 Å². The lowest BCUT2D eigenvalue weighted by Crippen LogP contribution is -2.23. The summed E-state index contributed by atoms with van der Waals surface area (Å²) < 4.78 is 0. The van der Waals surface area contributed by atoms with Gasteiger partial charge in [-0.3, -0.25) is 0 Å². The molecule has 0 aromatic carbocycles. The predicted octanol–water partition coefficient (Wildman–Crippen LogP) is 1.09. The van der Waals surface area contributed by atoms with E-state index in [2.05, 4.69) is 21.9 Å². The highest BCUT2D eigenvalue weighted by molar-refractivity contribution is 5.32. The van der Waals surface area contributed by atoms with Crippen molar-refractivity contribution in [3.05, 3.63) is 17.5 Å². The number of hydrogen-bond acceptors (Lipinski definition) is 4. The van der Waals surface area contributed by atoms with Gasteiger partial charge in [0.05, 0.1) is 0 Å². The molecule has 1 aliphatic rings. The summed E-state index contributed by atoms with van der Waals surface area (Å²) in [5, 5.41) is 0. The monoisotopic (exact) mass is 206 g/mol. The molecule has 1 fully saturated rings. The summed E-state index contributed by atoms with van der Waals surface area (Å²) in [5.41, 5.74) is 7.59. The minimum Gasteiger partial charge on any atom is -0.344 e. The van der Waals surface area contributed by atoms with E-state index in [1.807, 2.05) is 13.1 Å². The van der Waals surface area contributed by atoms with Gasteiger partial charge in [-0.05, 0) is 25.7 Å². The Labute approximate surface area is 90.5 Å². The first-order valence-corrected chi connectivity index (χ1v) is 5.44. The van der Waals surface area contributed by atoms with Crippen molar-refractivity contribution in [1.29, 1.82) is 0 Å². The molecular weight excluding hydrogens is 188 g/mol. The van der Waals surface area contributed by atoms with E-state index in [0.717, 1.165) is 29.7 Å². The normalized spacial score (nSPS) is 15.4. The molecule has 2 rings (SSSR count). The molecule has 1 heterocycles. The molecule has 0 spiro atoms. The molecule has 1 saturated carbocycles. The first-order valence-electron chi connectivity index (χ1n) is 5.44. The number of aromatic nitrogens is 2. The lowest BCUT2D eigenvalue weighted by Gasteiger charge is -2.17. The van der Waals surface area contributed by atoms with Crippen LogP contribution in [0, 0.1) is 12.8 Å². The highest BCUT2D eigenvalue weighted by atomic mass is 15.2. The molecule has 1 aliphatic carbocycles. The van der Waals surface area contributed by atoms with Crippen molar-refractivity contribution >= 4 is 5.95 Å². The van der Waals surface area contributed by atoms with Gasteiger partial charge in [0.25, 0.3) is 0 Å². The van der Waals surface area contributed by atoms with Crippen LogP contribution < -0.4 is 10.6 Å². The van der Waals surface area contributed by atoms with Crippen LogP contribution in [0.4, 0.5) is 5.95 Å². The number of rotatable bonds is 4. The second-order valence-corrected chi connectivity index (χ2v) is 4.31. The van der Waals surface area contributed by atoms with Crippen LogP contribution >= 0.6 is 0 Å². The maximum absolute atomic E-state index is 5.57. The number of anilines is 1. The first kappa shape index (κ1) is 10.4. The number of aryl methyl sites for hydroxylation is 1. The third-order valence-electron chi connectivity index (χ3n) is 2.86. The maximum atomic E-state index is 5.57. The predicted molar refractivity (Wildman–Crippen MR) is 60.7 cm³/mol. The van der Waals surface area contributed by atoms with Crippen molar-refractivity contribution in [1.82, 2.24) is 9.97 Å². The van der Waals surface area contributed by atoms with Crippen molar-refractivity contribution in [2.75, 3.05) is 18.5 Å². The van der Waals surface area contributed by atoms with Crippen LogP contribution in [0.1, 0.15) is 24.1 Å². The fourth-order valence-electron chi connectivity index (χ4n) is 1.63. The maximum Gasteiger partial charge on any atom is 0.225 e. The minimum absolute atomic E-state index is 0.512. The molecule has 1 aromatic rings. The second kappa shape index (κ2) is 4.14. The van der Waals surface area contributed by atoms with Crippen LogP contribution in [-0.2, 0) is 6.54 Å². The van der Waals surface area contributed by atoms with Crippen LogP contribution in [0.15, 0.2) is 6.20 Å². The van der Waals surface area contributed by atoms with Gasteiger partial charge in [-0.25, -0.2) is 9.97 Å². The standard InChI is InChI=1S/C11H18N4/c1-8-10(5-12)6-13-11(14-8)15(2)7-9-3-4-9/h6,9H,3-5,7,12H2,1-2H3. The van der Waals surface area contributed by atoms with Gasteiger partial charge in [-0.1, -0.05) is 0 Å². The van der Waals surface area contributed by atoms with Gasteiger partial charge in [-0.2, -0.15) is 0 Å². The summed E-state index contributed by atoms with van der Waals surface area (Å²) in [4.78, 5) is 10.9. The fraction of sp³-hybridized carbons (Fsp3) is 0.636. The lowest BCUT2D eigenvalue weighted by atomic mass is 10.2. The van der Waals surface area contributed by atoms with Crippen molar-refractivity contribution in [3.63, 3.8) is 0 Å². The number of nitrogens with two attached hydrogens (primary N) is 1. The summed E-state index contributed by atoms with van der Waals surface area (Å²) in [6, 6.07) is 0. The van der Waals surface area contributed by atoms with Gasteiger partial charge in [0.2, 0.25) is 5.95 Å². The van der Waals surface area contributed by atoms with Gasteiger partial charge in [-0.15, -0.1) is 0 Å². The van der Waals surface area contributed by atoms with E-state index < -0.39 is 0 Å². The molecule has 0 amide bonds. The Kier molecular flexibility index (Phi) is 2.86. The zero-order chi connectivity index (χ0) is 10.8. The smallest absolute Gasteiger partial charge is 0.225 e. The van der Waals surface area contributed by atoms with Crippen LogP contribution in [0.2, 0.25) is 0 Å². The zero-order valence-corrected chi connectivity index (χ0v) is 9.40. The largest absolute Gasteiger partial charge is 0.344 e. The van der Waals surface area contributed by atoms with Crippen LogP contribution in [0.5, 0.6) is 0 Å². The quantitative estimate of drug-likeness (QED) is 0.801. The minimum atomic E-state index is 0.512. The summed E-state index contributed by atoms with van der Waals surface area (Å²) in [6.07, 6.45) is 4.54. The Morgan fingerprint density at radius 2 is 2.27 bits per heavy atom. The Morgan fingerprint density at radius 1 is 1.53 bits per heavy atom. The summed E-state index contributed by atoms with van der Waals surface area (Å²) >= 11 is 0. The molecule has 82 valence electrons. The highest BCUT2D eigenvalue weighted by Gasteiger charge is 2.23. The molecule has 0 aliphatic heterocycles. The molecule has 0 bridgehead atoms. The Balaban J connectivity index is 2.09. The van der Waals surface area contributed by atoms with Crippen molar-refractivity contribution in [3.8, 4) is 0 Å². The molecule has 4 heteroatoms. The average molecular weight is 206 g/mol. The van der Waals surface area contributed by atoms with E-state index in [9.17, 15) is 0 Å². The van der Waals surface area contributed by atoms with Crippen molar-refractivity contribution in [2.24, 2.45) is 11.7 Å². The summed E-state index contributed by atoms with van der Waals surface area (Å²) in [5.74, 6) is 1.67. The number of nitrogens with zero attached hydrogens (tertiary/aromatic N) is 3. The van der Waals surface area contributed by atoms with E-state index in [1.54, 1.807) is 0 Å². The summed E-state index contributed by atoms with van der Waals surface area (Å²) in [7, 11) is 2.05. The third-order valence-corrected chi connectivity index (χ3v) is 2.86. The summed E-state index contributed by atoms with van der Waals surface area (Å²) in [6.45, 7) is 3.57. The SMILES string of the molecule is Cc1nc(N(C)CC2CC2)ncc1CN. The van der Waals surface area contributed by atoms with Crippen LogP contribution in [0.25, 0.3) is 0 Å². The van der Waals surface area contributed by atoms with E-state index in [4.69, 9.17) is 5.73 Å². The van der Waals surface area contributed by atoms with Gasteiger partial charge in [0.1, 0.15) is 0 Å². The molecule has 2 N–H and O–H groups in total. The van der Waals surface area contributed by atoms with Crippen molar-refractivity contribution < 1.29 is 0 Å². The molecule has 0 radical (unpaired) electrons. The van der Waals surface area contributed by atoms with Gasteiger partial charge >= 0.3 is 0 Å². The van der Waals surface area contributed by atoms with E-state index in [1.165, 1.54) is 12.8 Å². The molecule has 0 saturated heterocycles. The first-order chi connectivity index (χ1) is 7.20. The second-order valence-electron chi connectivity index (χ2n) is 4.31. The highest BCUT2D eigenvalue weighted by Crippen LogP contribution is 2.30. The average Bonchev–Trinajstić information content (AvgIpc) is 3.01. The van der Waals surface area contributed by atoms with E-state index in [-0.39, 0.29) is 0 Å². The molecular formula is C11H18N4. The van der Waals surface area contributed by atoms with Crippen LogP contribution in [-0.4, -0.2) is 23.6 Å². The van der Waals surface area contributed by atoms with E-state index >= 15 is 0 Å². The zero-order valence-electron chi connectivity index (χ0n) is 9.40. The van der Waals surface area contributed by atoms with Gasteiger partial charge in [0, 0.05) is 37.6 Å². The Hall–Kier alpha value is -1.16. The van der Waals surface area contributed by atoms with Gasteiger partial charge < -0.3 is 10.6 Å². The van der Waals surface area contributed by atoms with Crippen molar-refractivity contribution in [2.45, 2.75) is 26.3 Å². The fourth-order valence-corrected chi connectivity index (χ4v) is 1.63. The lowest BCUT2D eigenvalue weighted by molar-refractivity contribution is 0.759. The van der Waals surface area contributed by atoms with E-state index in [0.29, 0.717) is 6.54 Å². The topological polar surface area (TPSA) is 55.0 Å². The van der Waals surface area contributed by atoms with Gasteiger partial charge in [0.15, 0.2) is 0 Å². The number of hydrogen-bond donors (Lipinski definition) is 1. The molecule has 4 nitrogen and oxygen atoms in total. The Bertz CT molecular complexity index is 346. The molecule has 1 aromatic heterocycles.